The summed E-state index contributed by atoms with van der Waals surface area (Å²) >= 11 is 0. The van der Waals surface area contributed by atoms with Gasteiger partial charge >= 0.3 is 0 Å². The fourth-order valence-corrected chi connectivity index (χ4v) is 2.76. The SMILES string of the molecule is CCC1(C)CN(c2ccccc2C(C)C)CCN1. The zero-order valence-corrected chi connectivity index (χ0v) is 12.2. The van der Waals surface area contributed by atoms with Crippen LogP contribution in [-0.2, 0) is 0 Å². The fourth-order valence-electron chi connectivity index (χ4n) is 2.76. The van der Waals surface area contributed by atoms with E-state index in [-0.39, 0.29) is 5.54 Å². The van der Waals surface area contributed by atoms with Crippen LogP contribution < -0.4 is 10.2 Å². The van der Waals surface area contributed by atoms with Gasteiger partial charge in [-0.3, -0.25) is 0 Å². The zero-order valence-electron chi connectivity index (χ0n) is 12.2. The van der Waals surface area contributed by atoms with E-state index in [4.69, 9.17) is 0 Å². The van der Waals surface area contributed by atoms with Crippen molar-refractivity contribution in [2.75, 3.05) is 24.5 Å². The molecule has 0 amide bonds. The number of hydrogen-bond acceptors (Lipinski definition) is 2. The Bertz CT molecular complexity index is 400. The van der Waals surface area contributed by atoms with E-state index in [1.807, 2.05) is 0 Å². The number of nitrogens with zero attached hydrogens (tertiary/aromatic N) is 1. The highest BCUT2D eigenvalue weighted by molar-refractivity contribution is 5.55. The van der Waals surface area contributed by atoms with Gasteiger partial charge < -0.3 is 10.2 Å². The number of piperazine rings is 1. The van der Waals surface area contributed by atoms with Gasteiger partial charge in [0.25, 0.3) is 0 Å². The lowest BCUT2D eigenvalue weighted by Gasteiger charge is -2.43. The van der Waals surface area contributed by atoms with E-state index in [1.54, 1.807) is 0 Å². The first-order chi connectivity index (χ1) is 8.56. The molecule has 1 saturated heterocycles. The molecule has 0 saturated carbocycles. The molecule has 0 radical (unpaired) electrons. The maximum atomic E-state index is 3.65. The van der Waals surface area contributed by atoms with E-state index in [0.29, 0.717) is 5.92 Å². The maximum absolute atomic E-state index is 3.65. The Hall–Kier alpha value is -1.02. The van der Waals surface area contributed by atoms with Gasteiger partial charge in [-0.1, -0.05) is 39.0 Å². The van der Waals surface area contributed by atoms with E-state index >= 15 is 0 Å². The number of hydrogen-bond donors (Lipinski definition) is 1. The van der Waals surface area contributed by atoms with Crippen molar-refractivity contribution in [2.24, 2.45) is 0 Å². The Kier molecular flexibility index (Phi) is 3.96. The molecule has 0 spiro atoms. The second kappa shape index (κ2) is 5.31. The molecule has 18 heavy (non-hydrogen) atoms. The molecule has 1 fully saturated rings. The average molecular weight is 246 g/mol. The van der Waals surface area contributed by atoms with Crippen molar-refractivity contribution in [1.82, 2.24) is 5.32 Å². The topological polar surface area (TPSA) is 15.3 Å². The molecular weight excluding hydrogens is 220 g/mol. The summed E-state index contributed by atoms with van der Waals surface area (Å²) in [6.07, 6.45) is 1.17. The van der Waals surface area contributed by atoms with Gasteiger partial charge in [-0.2, -0.15) is 0 Å². The van der Waals surface area contributed by atoms with Crippen LogP contribution in [0.2, 0.25) is 0 Å². The lowest BCUT2D eigenvalue weighted by Crippen LogP contribution is -2.58. The first kappa shape index (κ1) is 13.4. The minimum Gasteiger partial charge on any atom is -0.368 e. The van der Waals surface area contributed by atoms with Crippen LogP contribution in [0, 0.1) is 0 Å². The number of nitrogens with one attached hydrogen (secondary N) is 1. The normalized spacial score (nSPS) is 24.6. The van der Waals surface area contributed by atoms with E-state index in [1.165, 1.54) is 17.7 Å². The summed E-state index contributed by atoms with van der Waals surface area (Å²) < 4.78 is 0. The molecule has 0 bridgehead atoms. The Balaban J connectivity index is 2.26. The van der Waals surface area contributed by atoms with Crippen LogP contribution in [0.15, 0.2) is 24.3 Å². The van der Waals surface area contributed by atoms with Gasteiger partial charge in [0.1, 0.15) is 0 Å². The third-order valence-corrected chi connectivity index (χ3v) is 4.15. The van der Waals surface area contributed by atoms with Crippen LogP contribution >= 0.6 is 0 Å². The smallest absolute Gasteiger partial charge is 0.0402 e. The highest BCUT2D eigenvalue weighted by Crippen LogP contribution is 2.29. The number of anilines is 1. The van der Waals surface area contributed by atoms with Gasteiger partial charge in [-0.15, -0.1) is 0 Å². The van der Waals surface area contributed by atoms with Crippen LogP contribution in [-0.4, -0.2) is 25.2 Å². The highest BCUT2D eigenvalue weighted by atomic mass is 15.2. The van der Waals surface area contributed by atoms with Crippen LogP contribution in [0.4, 0.5) is 5.69 Å². The van der Waals surface area contributed by atoms with E-state index in [9.17, 15) is 0 Å². The van der Waals surface area contributed by atoms with Crippen molar-refractivity contribution in [1.29, 1.82) is 0 Å². The molecule has 1 aromatic carbocycles. The summed E-state index contributed by atoms with van der Waals surface area (Å²) in [5, 5.41) is 3.65. The molecule has 1 aliphatic rings. The third-order valence-electron chi connectivity index (χ3n) is 4.15. The predicted octanol–water partition coefficient (Wildman–Crippen LogP) is 3.39. The van der Waals surface area contributed by atoms with Gasteiger partial charge in [-0.25, -0.2) is 0 Å². The Labute approximate surface area is 111 Å². The molecule has 0 aromatic heterocycles. The number of benzene rings is 1. The largest absolute Gasteiger partial charge is 0.368 e. The van der Waals surface area contributed by atoms with Gasteiger partial charge in [0.15, 0.2) is 0 Å². The molecule has 0 aliphatic carbocycles. The molecule has 1 heterocycles. The van der Waals surface area contributed by atoms with Gasteiger partial charge in [0.05, 0.1) is 0 Å². The summed E-state index contributed by atoms with van der Waals surface area (Å²) in [4.78, 5) is 2.55. The molecular formula is C16H26N2. The molecule has 2 heteroatoms. The molecule has 1 N–H and O–H groups in total. The second-order valence-corrected chi connectivity index (χ2v) is 5.98. The Morgan fingerprint density at radius 2 is 2.06 bits per heavy atom. The maximum Gasteiger partial charge on any atom is 0.0402 e. The van der Waals surface area contributed by atoms with Crippen molar-refractivity contribution < 1.29 is 0 Å². The highest BCUT2D eigenvalue weighted by Gasteiger charge is 2.29. The fraction of sp³-hybridized carbons (Fsp3) is 0.625. The summed E-state index contributed by atoms with van der Waals surface area (Å²) in [6.45, 7) is 12.4. The predicted molar refractivity (Wildman–Crippen MR) is 79.4 cm³/mol. The minimum absolute atomic E-state index is 0.252. The lowest BCUT2D eigenvalue weighted by atomic mass is 9.93. The molecule has 1 atom stereocenters. The van der Waals surface area contributed by atoms with Crippen LogP contribution in [0.3, 0.4) is 0 Å². The third kappa shape index (κ3) is 2.69. The Morgan fingerprint density at radius 3 is 2.72 bits per heavy atom. The molecule has 100 valence electrons. The van der Waals surface area contributed by atoms with E-state index in [0.717, 1.165) is 19.6 Å². The Morgan fingerprint density at radius 1 is 1.33 bits per heavy atom. The summed E-state index contributed by atoms with van der Waals surface area (Å²) in [7, 11) is 0. The summed E-state index contributed by atoms with van der Waals surface area (Å²) in [5.74, 6) is 0.587. The first-order valence-electron chi connectivity index (χ1n) is 7.14. The average Bonchev–Trinajstić information content (AvgIpc) is 2.39. The standard InChI is InChI=1S/C16H26N2/c1-5-16(4)12-18(11-10-17-16)15-9-7-6-8-14(15)13(2)3/h6-9,13,17H,5,10-12H2,1-4H3. The number of rotatable bonds is 3. The summed E-state index contributed by atoms with van der Waals surface area (Å²) in [6, 6.07) is 8.86. The monoisotopic (exact) mass is 246 g/mol. The van der Waals surface area contributed by atoms with Gasteiger partial charge in [0.2, 0.25) is 0 Å². The van der Waals surface area contributed by atoms with Crippen molar-refractivity contribution in [3.05, 3.63) is 29.8 Å². The van der Waals surface area contributed by atoms with Gasteiger partial charge in [-0.05, 0) is 30.9 Å². The van der Waals surface area contributed by atoms with Crippen LogP contribution in [0.5, 0.6) is 0 Å². The molecule has 1 aromatic rings. The quantitative estimate of drug-likeness (QED) is 0.879. The zero-order chi connectivity index (χ0) is 13.2. The minimum atomic E-state index is 0.252. The van der Waals surface area contributed by atoms with Crippen LogP contribution in [0.25, 0.3) is 0 Å². The van der Waals surface area contributed by atoms with E-state index < -0.39 is 0 Å². The molecule has 2 nitrogen and oxygen atoms in total. The molecule has 1 unspecified atom stereocenters. The second-order valence-electron chi connectivity index (χ2n) is 5.98. The van der Waals surface area contributed by atoms with Crippen molar-refractivity contribution in [3.63, 3.8) is 0 Å². The molecule has 1 aliphatic heterocycles. The van der Waals surface area contributed by atoms with Crippen molar-refractivity contribution in [2.45, 2.75) is 45.6 Å². The molecule has 2 rings (SSSR count). The van der Waals surface area contributed by atoms with Crippen molar-refractivity contribution >= 4 is 5.69 Å². The van der Waals surface area contributed by atoms with Crippen molar-refractivity contribution in [3.8, 4) is 0 Å². The lowest BCUT2D eigenvalue weighted by molar-refractivity contribution is 0.314. The number of para-hydroxylation sites is 1. The van der Waals surface area contributed by atoms with Crippen LogP contribution in [0.1, 0.15) is 45.6 Å². The summed E-state index contributed by atoms with van der Waals surface area (Å²) in [5.41, 5.74) is 3.15. The van der Waals surface area contributed by atoms with E-state index in [2.05, 4.69) is 62.2 Å². The van der Waals surface area contributed by atoms with Gasteiger partial charge in [0, 0.05) is 30.9 Å². The first-order valence-corrected chi connectivity index (χ1v) is 7.14.